The van der Waals surface area contributed by atoms with Gasteiger partial charge in [-0.25, -0.2) is 13.9 Å². The van der Waals surface area contributed by atoms with Crippen LogP contribution in [0.2, 0.25) is 0 Å². The molecule has 0 bridgehead atoms. The molecule has 222 valence electrons. The molecule has 0 spiro atoms. The Labute approximate surface area is 235 Å². The highest BCUT2D eigenvalue weighted by molar-refractivity contribution is 7.52. The van der Waals surface area contributed by atoms with Crippen LogP contribution in [-0.2, 0) is 23.4 Å². The van der Waals surface area contributed by atoms with Gasteiger partial charge in [-0.05, 0) is 39.0 Å². The molecule has 2 unspecified atom stereocenters. The summed E-state index contributed by atoms with van der Waals surface area (Å²) in [5, 5.41) is 16.4. The molecule has 0 amide bonds. The lowest BCUT2D eigenvalue weighted by Gasteiger charge is -2.26. The molecule has 41 heavy (non-hydrogen) atoms. The second kappa shape index (κ2) is 12.1. The van der Waals surface area contributed by atoms with Gasteiger partial charge in [0.1, 0.15) is 24.0 Å². The third-order valence-corrected chi connectivity index (χ3v) is 7.81. The zero-order valence-electron chi connectivity index (χ0n) is 22.9. The topological polar surface area (TPSA) is 185 Å². The summed E-state index contributed by atoms with van der Waals surface area (Å²) in [7, 11) is -2.70. The fourth-order valence-corrected chi connectivity index (χ4v) is 5.69. The number of aliphatic hydroxyl groups excluding tert-OH is 1. The molecule has 2 aromatic heterocycles. The van der Waals surface area contributed by atoms with Crippen LogP contribution in [0.5, 0.6) is 5.75 Å². The Morgan fingerprint density at radius 2 is 2.05 bits per heavy atom. The van der Waals surface area contributed by atoms with Crippen molar-refractivity contribution in [3.8, 4) is 5.75 Å². The van der Waals surface area contributed by atoms with Crippen LogP contribution in [-0.4, -0.2) is 74.3 Å². The molecule has 0 saturated carbocycles. The van der Waals surface area contributed by atoms with Crippen LogP contribution in [0.15, 0.2) is 49.3 Å². The van der Waals surface area contributed by atoms with Crippen molar-refractivity contribution in [2.24, 2.45) is 0 Å². The number of carbonyl (C=O) groups excluding carboxylic acids is 1. The molecule has 4 rings (SSSR count). The number of carbonyl (C=O) groups is 1. The number of ether oxygens (including phenoxy) is 2. The second-order valence-corrected chi connectivity index (χ2v) is 11.2. The molecule has 16 heteroatoms. The van der Waals surface area contributed by atoms with Gasteiger partial charge < -0.3 is 30.2 Å². The van der Waals surface area contributed by atoms with Crippen LogP contribution in [0.1, 0.15) is 27.0 Å². The highest BCUT2D eigenvalue weighted by atomic mass is 31.2. The number of nitrogen functional groups attached to an aromatic ring is 1. The number of anilines is 2. The molecule has 1 saturated heterocycles. The number of benzene rings is 1. The molecule has 5 N–H and O–H groups in total. The number of fused-ring (bicyclic) bond motifs is 1. The normalized spacial score (nSPS) is 24.6. The molecule has 14 nitrogen and oxygen atoms in total. The third kappa shape index (κ3) is 6.34. The van der Waals surface area contributed by atoms with Crippen molar-refractivity contribution >= 4 is 36.6 Å². The molecule has 1 aliphatic heterocycles. The number of rotatable bonds is 12. The summed E-state index contributed by atoms with van der Waals surface area (Å²) in [6.07, 6.45) is -2.93. The van der Waals surface area contributed by atoms with Crippen molar-refractivity contribution in [3.05, 3.63) is 49.3 Å². The van der Waals surface area contributed by atoms with E-state index in [9.17, 15) is 14.5 Å². The molecular formula is C25H33FN7O7P. The Hall–Kier alpha value is -3.62. The van der Waals surface area contributed by atoms with Gasteiger partial charge in [-0.3, -0.25) is 13.9 Å². The number of imidazole rings is 1. The van der Waals surface area contributed by atoms with Crippen LogP contribution in [0.3, 0.4) is 0 Å². The summed E-state index contributed by atoms with van der Waals surface area (Å²) in [4.78, 5) is 24.8. The number of hydrogen-bond donors (Lipinski definition) is 4. The quantitative estimate of drug-likeness (QED) is 0.137. The maximum atomic E-state index is 16.3. The highest BCUT2D eigenvalue weighted by Gasteiger charge is 2.57. The minimum Gasteiger partial charge on any atom is -0.462 e. The Bertz CT molecular complexity index is 1440. The molecule has 1 aromatic carbocycles. The lowest BCUT2D eigenvalue weighted by Crippen LogP contribution is -2.42. The molecule has 6 atom stereocenters. The van der Waals surface area contributed by atoms with E-state index >= 15 is 4.39 Å². The summed E-state index contributed by atoms with van der Waals surface area (Å²) in [6, 6.07) is 6.99. The van der Waals surface area contributed by atoms with Crippen molar-refractivity contribution in [1.29, 1.82) is 0 Å². The first-order valence-electron chi connectivity index (χ1n) is 12.7. The average Bonchev–Trinajstić information content (AvgIpc) is 3.45. The number of esters is 1. The SMILES string of the molecule is C=CC1(F)[C@H](O)[C@@H](COP(=O)(N[C@H](C)C(=O)OC(C)C)Oc2ccccc2)O[C@H]1n1cnc2c(NC)nc(N)nc21. The van der Waals surface area contributed by atoms with Crippen molar-refractivity contribution < 1.29 is 37.4 Å². The molecule has 0 aliphatic carbocycles. The first-order valence-corrected chi connectivity index (χ1v) is 14.3. The van der Waals surface area contributed by atoms with Crippen LogP contribution in [0, 0.1) is 0 Å². The van der Waals surface area contributed by atoms with Gasteiger partial charge in [0.05, 0.1) is 19.0 Å². The average molecular weight is 594 g/mol. The Morgan fingerprint density at radius 1 is 1.34 bits per heavy atom. The van der Waals surface area contributed by atoms with Crippen LogP contribution >= 0.6 is 7.75 Å². The summed E-state index contributed by atoms with van der Waals surface area (Å²) in [5.41, 5.74) is 3.70. The van der Waals surface area contributed by atoms with E-state index in [2.05, 4.69) is 31.9 Å². The number of para-hydroxylation sites is 1. The zero-order chi connectivity index (χ0) is 29.9. The van der Waals surface area contributed by atoms with Gasteiger partial charge >= 0.3 is 13.7 Å². The van der Waals surface area contributed by atoms with Crippen molar-refractivity contribution in [3.63, 3.8) is 0 Å². The predicted molar refractivity (Wildman–Crippen MR) is 148 cm³/mol. The van der Waals surface area contributed by atoms with Gasteiger partial charge in [-0.1, -0.05) is 24.8 Å². The number of aliphatic hydroxyl groups is 1. The predicted octanol–water partition coefficient (Wildman–Crippen LogP) is 2.74. The van der Waals surface area contributed by atoms with E-state index < -0.39 is 56.6 Å². The number of nitrogens with one attached hydrogen (secondary N) is 2. The van der Waals surface area contributed by atoms with Gasteiger partial charge in [0.25, 0.3) is 0 Å². The van der Waals surface area contributed by atoms with Gasteiger partial charge in [0, 0.05) is 7.05 Å². The van der Waals surface area contributed by atoms with E-state index in [1.165, 1.54) is 30.0 Å². The maximum absolute atomic E-state index is 16.3. The standard InChI is InChI=1S/C25H33FN7O7P/c1-6-25(26)19(34)17(39-23(25)33-13-29-18-20(28-5)30-24(27)31-21(18)33)12-37-41(36,40-16-10-8-7-9-11-16)32-15(4)22(35)38-14(2)3/h6-11,13-15,17,19,23,34H,1,12H2,2-5H3,(H,32,36)(H3,27,28,30,31)/t15-,17-,19-,23-,25?,41?/m1/s1. The molecule has 3 aromatic rings. The molecule has 1 aliphatic rings. The van der Waals surface area contributed by atoms with Gasteiger partial charge in [-0.2, -0.15) is 15.1 Å². The lowest BCUT2D eigenvalue weighted by molar-refractivity contribution is -0.149. The second-order valence-electron chi connectivity index (χ2n) is 9.54. The van der Waals surface area contributed by atoms with Crippen molar-refractivity contribution in [2.75, 3.05) is 24.7 Å². The Kier molecular flexibility index (Phi) is 8.94. The number of aromatic nitrogens is 4. The smallest absolute Gasteiger partial charge is 0.459 e. The number of hydrogen-bond acceptors (Lipinski definition) is 12. The Morgan fingerprint density at radius 3 is 2.68 bits per heavy atom. The first-order chi connectivity index (χ1) is 19.4. The van der Waals surface area contributed by atoms with Gasteiger partial charge in [0.2, 0.25) is 11.6 Å². The van der Waals surface area contributed by atoms with Gasteiger partial charge in [-0.15, -0.1) is 0 Å². The van der Waals surface area contributed by atoms with Crippen molar-refractivity contribution in [2.45, 2.75) is 57.0 Å². The lowest BCUT2D eigenvalue weighted by atomic mass is 9.96. The van der Waals surface area contributed by atoms with E-state index in [0.717, 1.165) is 6.08 Å². The molecule has 0 radical (unpaired) electrons. The summed E-state index contributed by atoms with van der Waals surface area (Å²) in [6.45, 7) is 7.69. The Balaban J connectivity index is 1.59. The van der Waals surface area contributed by atoms with Crippen molar-refractivity contribution in [1.82, 2.24) is 24.6 Å². The molecule has 3 heterocycles. The van der Waals surface area contributed by atoms with Crippen LogP contribution < -0.4 is 20.7 Å². The van der Waals surface area contributed by atoms with E-state index in [0.29, 0.717) is 5.82 Å². The number of alkyl halides is 1. The van der Waals surface area contributed by atoms with E-state index in [1.54, 1.807) is 39.1 Å². The fourth-order valence-electron chi connectivity index (χ4n) is 4.19. The molecule has 1 fully saturated rings. The minimum atomic E-state index is -4.31. The van der Waals surface area contributed by atoms with E-state index in [-0.39, 0.29) is 22.9 Å². The zero-order valence-corrected chi connectivity index (χ0v) is 23.8. The summed E-state index contributed by atoms with van der Waals surface area (Å²) in [5.74, 6) is -0.309. The fraction of sp³-hybridized carbons (Fsp3) is 0.440. The highest BCUT2D eigenvalue weighted by Crippen LogP contribution is 2.48. The number of nitrogens with two attached hydrogens (primary N) is 1. The summed E-state index contributed by atoms with van der Waals surface area (Å²) < 4.78 is 53.6. The first kappa shape index (κ1) is 30.3. The largest absolute Gasteiger partial charge is 0.462 e. The molecular weight excluding hydrogens is 560 g/mol. The number of halogens is 1. The van der Waals surface area contributed by atoms with E-state index in [1.807, 2.05) is 0 Å². The summed E-state index contributed by atoms with van der Waals surface area (Å²) >= 11 is 0. The van der Waals surface area contributed by atoms with Gasteiger partial charge in [0.15, 0.2) is 23.2 Å². The minimum absolute atomic E-state index is 0.0970. The van der Waals surface area contributed by atoms with Crippen LogP contribution in [0.4, 0.5) is 16.2 Å². The third-order valence-electron chi connectivity index (χ3n) is 6.16. The van der Waals surface area contributed by atoms with E-state index in [4.69, 9.17) is 24.3 Å². The maximum Gasteiger partial charge on any atom is 0.459 e. The number of nitrogens with zero attached hydrogens (tertiary/aromatic N) is 4. The monoisotopic (exact) mass is 593 g/mol. The van der Waals surface area contributed by atoms with Crippen LogP contribution in [0.25, 0.3) is 11.2 Å².